The normalized spacial score (nSPS) is 13.2. The van der Waals surface area contributed by atoms with E-state index in [2.05, 4.69) is 17.0 Å². The molecule has 0 amide bonds. The molecule has 0 aliphatic carbocycles. The minimum atomic E-state index is -3.12. The lowest BCUT2D eigenvalue weighted by Gasteiger charge is -2.20. The van der Waals surface area contributed by atoms with Crippen molar-refractivity contribution >= 4 is 10.0 Å². The molecule has 0 fully saturated rings. The number of rotatable bonds is 8. The molecule has 0 heterocycles. The van der Waals surface area contributed by atoms with Crippen LogP contribution in [0.5, 0.6) is 5.75 Å². The predicted octanol–water partition coefficient (Wildman–Crippen LogP) is 1.29. The van der Waals surface area contributed by atoms with E-state index in [9.17, 15) is 8.42 Å². The second-order valence-electron chi connectivity index (χ2n) is 4.32. The molecule has 5 nitrogen and oxygen atoms in total. The summed E-state index contributed by atoms with van der Waals surface area (Å²) >= 11 is 0. The van der Waals surface area contributed by atoms with Crippen LogP contribution in [0.15, 0.2) is 24.3 Å². The van der Waals surface area contributed by atoms with Crippen molar-refractivity contribution in [3.63, 3.8) is 0 Å². The fourth-order valence-electron chi connectivity index (χ4n) is 1.91. The van der Waals surface area contributed by atoms with Gasteiger partial charge in [0.15, 0.2) is 0 Å². The number of para-hydroxylation sites is 1. The van der Waals surface area contributed by atoms with Crippen LogP contribution in [-0.4, -0.2) is 34.9 Å². The third-order valence-corrected chi connectivity index (χ3v) is 3.53. The van der Waals surface area contributed by atoms with Gasteiger partial charge < -0.3 is 10.1 Å². The summed E-state index contributed by atoms with van der Waals surface area (Å²) < 4.78 is 29.7. The molecule has 0 saturated carbocycles. The Bertz CT molecular complexity index is 488. The minimum absolute atomic E-state index is 0.150. The summed E-state index contributed by atoms with van der Waals surface area (Å²) in [6.07, 6.45) is 2.06. The summed E-state index contributed by atoms with van der Waals surface area (Å²) in [6.45, 7) is 3.03. The van der Waals surface area contributed by atoms with Crippen molar-refractivity contribution < 1.29 is 13.2 Å². The maximum Gasteiger partial charge on any atom is 0.208 e. The van der Waals surface area contributed by atoms with E-state index < -0.39 is 10.0 Å². The standard InChI is InChI=1S/C13H22N2O3S/c1-4-12(14-9-10-15-19(3,16)17)11-7-5-6-8-13(11)18-2/h5-8,12,14-15H,4,9-10H2,1-3H3. The molecule has 2 N–H and O–H groups in total. The largest absolute Gasteiger partial charge is 0.496 e. The summed E-state index contributed by atoms with van der Waals surface area (Å²) in [7, 11) is -1.47. The van der Waals surface area contributed by atoms with Crippen LogP contribution in [0.2, 0.25) is 0 Å². The van der Waals surface area contributed by atoms with Crippen molar-refractivity contribution in [3.8, 4) is 5.75 Å². The van der Waals surface area contributed by atoms with Gasteiger partial charge in [-0.25, -0.2) is 13.1 Å². The van der Waals surface area contributed by atoms with Gasteiger partial charge in [0.05, 0.1) is 13.4 Å². The van der Waals surface area contributed by atoms with Gasteiger partial charge in [-0.15, -0.1) is 0 Å². The maximum atomic E-state index is 11.0. The van der Waals surface area contributed by atoms with Gasteiger partial charge in [-0.2, -0.15) is 0 Å². The first-order chi connectivity index (χ1) is 8.98. The van der Waals surface area contributed by atoms with E-state index in [1.54, 1.807) is 7.11 Å². The fraction of sp³-hybridized carbons (Fsp3) is 0.538. The molecule has 0 aliphatic rings. The van der Waals surface area contributed by atoms with Gasteiger partial charge in [0, 0.05) is 24.7 Å². The van der Waals surface area contributed by atoms with E-state index in [4.69, 9.17) is 4.74 Å². The Morgan fingerprint density at radius 2 is 1.95 bits per heavy atom. The van der Waals surface area contributed by atoms with Crippen LogP contribution in [0.3, 0.4) is 0 Å². The molecule has 108 valence electrons. The van der Waals surface area contributed by atoms with Gasteiger partial charge in [-0.3, -0.25) is 0 Å². The maximum absolute atomic E-state index is 11.0. The van der Waals surface area contributed by atoms with Crippen molar-refractivity contribution in [1.82, 2.24) is 10.0 Å². The first kappa shape index (κ1) is 15.9. The van der Waals surface area contributed by atoms with Crippen LogP contribution in [0, 0.1) is 0 Å². The highest BCUT2D eigenvalue weighted by molar-refractivity contribution is 7.88. The van der Waals surface area contributed by atoms with Gasteiger partial charge in [0.25, 0.3) is 0 Å². The van der Waals surface area contributed by atoms with Crippen molar-refractivity contribution in [2.45, 2.75) is 19.4 Å². The number of sulfonamides is 1. The molecule has 0 radical (unpaired) electrons. The van der Waals surface area contributed by atoms with Crippen LogP contribution in [0.1, 0.15) is 24.9 Å². The van der Waals surface area contributed by atoms with Crippen LogP contribution in [0.4, 0.5) is 0 Å². The van der Waals surface area contributed by atoms with E-state index in [0.29, 0.717) is 13.1 Å². The Hall–Kier alpha value is -1.11. The van der Waals surface area contributed by atoms with Gasteiger partial charge >= 0.3 is 0 Å². The van der Waals surface area contributed by atoms with E-state index >= 15 is 0 Å². The lowest BCUT2D eigenvalue weighted by Crippen LogP contribution is -2.33. The van der Waals surface area contributed by atoms with E-state index in [1.165, 1.54) is 0 Å². The Labute approximate surface area is 115 Å². The average molecular weight is 286 g/mol. The number of methoxy groups -OCH3 is 1. The molecule has 1 atom stereocenters. The molecular formula is C13H22N2O3S. The zero-order valence-electron chi connectivity index (χ0n) is 11.6. The predicted molar refractivity (Wildman–Crippen MR) is 76.9 cm³/mol. The molecule has 6 heteroatoms. The van der Waals surface area contributed by atoms with Crippen molar-refractivity contribution in [2.24, 2.45) is 0 Å². The highest BCUT2D eigenvalue weighted by Gasteiger charge is 2.13. The van der Waals surface area contributed by atoms with Crippen LogP contribution < -0.4 is 14.8 Å². The van der Waals surface area contributed by atoms with E-state index in [1.807, 2.05) is 24.3 Å². The first-order valence-corrected chi connectivity index (χ1v) is 8.18. The number of hydrogen-bond acceptors (Lipinski definition) is 4. The first-order valence-electron chi connectivity index (χ1n) is 6.29. The van der Waals surface area contributed by atoms with Gasteiger partial charge in [0.1, 0.15) is 5.75 Å². The molecular weight excluding hydrogens is 264 g/mol. The Morgan fingerprint density at radius 1 is 1.26 bits per heavy atom. The van der Waals surface area contributed by atoms with E-state index in [-0.39, 0.29) is 6.04 Å². The number of benzene rings is 1. The van der Waals surface area contributed by atoms with Crippen LogP contribution in [-0.2, 0) is 10.0 Å². The minimum Gasteiger partial charge on any atom is -0.496 e. The van der Waals surface area contributed by atoms with Gasteiger partial charge in [-0.1, -0.05) is 25.1 Å². The summed E-state index contributed by atoms with van der Waals surface area (Å²) in [5, 5.41) is 3.33. The molecule has 1 rings (SSSR count). The molecule has 1 aromatic carbocycles. The van der Waals surface area contributed by atoms with E-state index in [0.717, 1.165) is 24.0 Å². The monoisotopic (exact) mass is 286 g/mol. The van der Waals surface area contributed by atoms with Gasteiger partial charge in [0.2, 0.25) is 10.0 Å². The Kier molecular flexibility index (Phi) is 6.27. The lowest BCUT2D eigenvalue weighted by atomic mass is 10.0. The lowest BCUT2D eigenvalue weighted by molar-refractivity contribution is 0.397. The Balaban J connectivity index is 2.58. The second-order valence-corrected chi connectivity index (χ2v) is 6.16. The highest BCUT2D eigenvalue weighted by atomic mass is 32.2. The molecule has 0 aromatic heterocycles. The third-order valence-electron chi connectivity index (χ3n) is 2.80. The smallest absolute Gasteiger partial charge is 0.208 e. The van der Waals surface area contributed by atoms with Crippen molar-refractivity contribution in [3.05, 3.63) is 29.8 Å². The molecule has 0 bridgehead atoms. The molecule has 0 aliphatic heterocycles. The molecule has 1 unspecified atom stereocenters. The number of hydrogen-bond donors (Lipinski definition) is 2. The van der Waals surface area contributed by atoms with Crippen LogP contribution >= 0.6 is 0 Å². The summed E-state index contributed by atoms with van der Waals surface area (Å²) in [5.41, 5.74) is 1.09. The summed E-state index contributed by atoms with van der Waals surface area (Å²) in [4.78, 5) is 0. The summed E-state index contributed by atoms with van der Waals surface area (Å²) in [6, 6.07) is 7.99. The number of nitrogens with one attached hydrogen (secondary N) is 2. The van der Waals surface area contributed by atoms with Gasteiger partial charge in [-0.05, 0) is 12.5 Å². The molecule has 1 aromatic rings. The van der Waals surface area contributed by atoms with Crippen LogP contribution in [0.25, 0.3) is 0 Å². The molecule has 0 spiro atoms. The second kappa shape index (κ2) is 7.47. The molecule has 19 heavy (non-hydrogen) atoms. The zero-order valence-corrected chi connectivity index (χ0v) is 12.5. The topological polar surface area (TPSA) is 67.4 Å². The fourth-order valence-corrected chi connectivity index (χ4v) is 2.38. The highest BCUT2D eigenvalue weighted by Crippen LogP contribution is 2.26. The zero-order chi connectivity index (χ0) is 14.3. The Morgan fingerprint density at radius 3 is 2.53 bits per heavy atom. The average Bonchev–Trinajstić information content (AvgIpc) is 2.38. The summed E-state index contributed by atoms with van der Waals surface area (Å²) in [5.74, 6) is 0.845. The SMILES string of the molecule is CCC(NCCNS(C)(=O)=O)c1ccccc1OC. The third kappa shape index (κ3) is 5.59. The van der Waals surface area contributed by atoms with Crippen molar-refractivity contribution in [2.75, 3.05) is 26.5 Å². The quantitative estimate of drug-likeness (QED) is 0.707. The molecule has 0 saturated heterocycles. The number of ether oxygens (including phenoxy) is 1. The van der Waals surface area contributed by atoms with Crippen molar-refractivity contribution in [1.29, 1.82) is 0 Å².